The SMILES string of the molecule is CC(NC(=O)CSc1nnnn1CC1CCCO1)c1ccccc1. The van der Waals surface area contributed by atoms with Crippen molar-refractivity contribution in [2.45, 2.75) is 43.6 Å². The maximum atomic E-state index is 12.1. The maximum Gasteiger partial charge on any atom is 0.230 e. The third kappa shape index (κ3) is 4.55. The Labute approximate surface area is 145 Å². The lowest BCUT2D eigenvalue weighted by Crippen LogP contribution is -2.28. The summed E-state index contributed by atoms with van der Waals surface area (Å²) in [6.45, 7) is 3.41. The van der Waals surface area contributed by atoms with Crippen molar-refractivity contribution in [1.29, 1.82) is 0 Å². The van der Waals surface area contributed by atoms with Gasteiger partial charge in [-0.05, 0) is 35.8 Å². The van der Waals surface area contributed by atoms with Gasteiger partial charge in [0.15, 0.2) is 0 Å². The molecule has 0 bridgehead atoms. The predicted octanol–water partition coefficient (Wildman–Crippen LogP) is 1.82. The zero-order valence-electron chi connectivity index (χ0n) is 13.6. The van der Waals surface area contributed by atoms with Gasteiger partial charge in [0.05, 0.1) is 24.4 Å². The van der Waals surface area contributed by atoms with E-state index in [0.717, 1.165) is 25.0 Å². The second kappa shape index (κ2) is 8.25. The number of hydrogen-bond acceptors (Lipinski definition) is 6. The second-order valence-electron chi connectivity index (χ2n) is 5.77. The molecule has 1 fully saturated rings. The summed E-state index contributed by atoms with van der Waals surface area (Å²) in [6.07, 6.45) is 2.27. The minimum absolute atomic E-state index is 0.0258. The van der Waals surface area contributed by atoms with Crippen LogP contribution in [0.15, 0.2) is 35.5 Å². The van der Waals surface area contributed by atoms with Crippen LogP contribution in [0, 0.1) is 0 Å². The molecule has 0 radical (unpaired) electrons. The first kappa shape index (κ1) is 16.9. The number of nitrogens with zero attached hydrogens (tertiary/aromatic N) is 4. The number of hydrogen-bond donors (Lipinski definition) is 1. The average molecular weight is 347 g/mol. The Kier molecular flexibility index (Phi) is 5.81. The Hall–Kier alpha value is -1.93. The zero-order valence-corrected chi connectivity index (χ0v) is 14.4. The summed E-state index contributed by atoms with van der Waals surface area (Å²) in [5.41, 5.74) is 1.08. The minimum atomic E-state index is -0.0389. The fourth-order valence-electron chi connectivity index (χ4n) is 2.63. The molecule has 2 atom stereocenters. The van der Waals surface area contributed by atoms with Crippen LogP contribution in [0.5, 0.6) is 0 Å². The minimum Gasteiger partial charge on any atom is -0.376 e. The first-order valence-electron chi connectivity index (χ1n) is 8.07. The summed E-state index contributed by atoms with van der Waals surface area (Å²) >= 11 is 1.34. The van der Waals surface area contributed by atoms with Gasteiger partial charge in [0.2, 0.25) is 11.1 Å². The van der Waals surface area contributed by atoms with Crippen LogP contribution in [0.3, 0.4) is 0 Å². The molecule has 24 heavy (non-hydrogen) atoms. The van der Waals surface area contributed by atoms with Gasteiger partial charge in [-0.25, -0.2) is 4.68 Å². The monoisotopic (exact) mass is 347 g/mol. The molecule has 1 aromatic carbocycles. The first-order valence-corrected chi connectivity index (χ1v) is 9.06. The highest BCUT2D eigenvalue weighted by Gasteiger charge is 2.19. The summed E-state index contributed by atoms with van der Waals surface area (Å²) in [4.78, 5) is 12.1. The van der Waals surface area contributed by atoms with Crippen molar-refractivity contribution in [1.82, 2.24) is 25.5 Å². The van der Waals surface area contributed by atoms with Gasteiger partial charge in [0, 0.05) is 6.61 Å². The van der Waals surface area contributed by atoms with E-state index in [2.05, 4.69) is 20.8 Å². The lowest BCUT2D eigenvalue weighted by atomic mass is 10.1. The fraction of sp³-hybridized carbons (Fsp3) is 0.500. The number of amides is 1. The molecule has 7 nitrogen and oxygen atoms in total. The van der Waals surface area contributed by atoms with Crippen molar-refractivity contribution < 1.29 is 9.53 Å². The highest BCUT2D eigenvalue weighted by molar-refractivity contribution is 7.99. The quantitative estimate of drug-likeness (QED) is 0.770. The number of ether oxygens (including phenoxy) is 1. The Morgan fingerprint density at radius 3 is 3.04 bits per heavy atom. The number of nitrogens with one attached hydrogen (secondary N) is 1. The Morgan fingerprint density at radius 1 is 1.46 bits per heavy atom. The van der Waals surface area contributed by atoms with E-state index in [1.807, 2.05) is 37.3 Å². The highest BCUT2D eigenvalue weighted by Crippen LogP contribution is 2.18. The van der Waals surface area contributed by atoms with Crippen molar-refractivity contribution in [2.75, 3.05) is 12.4 Å². The molecule has 1 aliphatic heterocycles. The molecule has 2 heterocycles. The summed E-state index contributed by atoms with van der Waals surface area (Å²) in [5.74, 6) is 0.242. The first-order chi connectivity index (χ1) is 11.7. The molecule has 1 saturated heterocycles. The van der Waals surface area contributed by atoms with Gasteiger partial charge < -0.3 is 10.1 Å². The third-order valence-corrected chi connectivity index (χ3v) is 4.87. The average Bonchev–Trinajstić information content (AvgIpc) is 3.26. The van der Waals surface area contributed by atoms with E-state index in [9.17, 15) is 4.79 Å². The number of carbonyl (C=O) groups is 1. The van der Waals surface area contributed by atoms with Crippen LogP contribution in [-0.2, 0) is 16.1 Å². The largest absolute Gasteiger partial charge is 0.376 e. The van der Waals surface area contributed by atoms with Gasteiger partial charge in [-0.2, -0.15) is 0 Å². The molecule has 8 heteroatoms. The van der Waals surface area contributed by atoms with Gasteiger partial charge in [0.1, 0.15) is 0 Å². The normalized spacial score (nSPS) is 18.5. The predicted molar refractivity (Wildman–Crippen MR) is 90.5 cm³/mol. The molecular weight excluding hydrogens is 326 g/mol. The molecule has 1 aromatic heterocycles. The van der Waals surface area contributed by atoms with Crippen LogP contribution < -0.4 is 5.32 Å². The molecule has 2 aromatic rings. The standard InChI is InChI=1S/C16H21N5O2S/c1-12(13-6-3-2-4-7-13)17-15(22)11-24-16-18-19-20-21(16)10-14-8-5-9-23-14/h2-4,6-7,12,14H,5,8-11H2,1H3,(H,17,22). The van der Waals surface area contributed by atoms with Gasteiger partial charge in [0.25, 0.3) is 0 Å². The van der Waals surface area contributed by atoms with E-state index in [1.54, 1.807) is 4.68 Å². The summed E-state index contributed by atoms with van der Waals surface area (Å²) < 4.78 is 7.32. The molecule has 0 saturated carbocycles. The molecule has 128 valence electrons. The van der Waals surface area contributed by atoms with Gasteiger partial charge in [-0.1, -0.05) is 42.1 Å². The van der Waals surface area contributed by atoms with Crippen LogP contribution in [-0.4, -0.2) is 44.6 Å². The molecular formula is C16H21N5O2S. The van der Waals surface area contributed by atoms with Crippen molar-refractivity contribution in [3.05, 3.63) is 35.9 Å². The van der Waals surface area contributed by atoms with E-state index in [4.69, 9.17) is 4.74 Å². The number of tetrazole rings is 1. The van der Waals surface area contributed by atoms with Crippen LogP contribution in [0.1, 0.15) is 31.4 Å². The topological polar surface area (TPSA) is 81.9 Å². The molecule has 2 unspecified atom stereocenters. The number of carbonyl (C=O) groups excluding carboxylic acids is 1. The number of benzene rings is 1. The fourth-order valence-corrected chi connectivity index (χ4v) is 3.33. The van der Waals surface area contributed by atoms with E-state index in [-0.39, 0.29) is 23.8 Å². The van der Waals surface area contributed by atoms with E-state index < -0.39 is 0 Å². The summed E-state index contributed by atoms with van der Waals surface area (Å²) in [6, 6.07) is 9.86. The summed E-state index contributed by atoms with van der Waals surface area (Å²) in [5, 5.41) is 15.3. The van der Waals surface area contributed by atoms with Crippen molar-refractivity contribution in [3.8, 4) is 0 Å². The zero-order chi connectivity index (χ0) is 16.8. The van der Waals surface area contributed by atoms with E-state index >= 15 is 0 Å². The number of aromatic nitrogens is 4. The second-order valence-corrected chi connectivity index (χ2v) is 6.71. The van der Waals surface area contributed by atoms with Gasteiger partial charge >= 0.3 is 0 Å². The van der Waals surface area contributed by atoms with Crippen LogP contribution in [0.25, 0.3) is 0 Å². The Balaban J connectivity index is 1.48. The highest BCUT2D eigenvalue weighted by atomic mass is 32.2. The summed E-state index contributed by atoms with van der Waals surface area (Å²) in [7, 11) is 0. The Morgan fingerprint density at radius 2 is 2.29 bits per heavy atom. The molecule has 1 aliphatic rings. The maximum absolute atomic E-state index is 12.1. The molecule has 1 N–H and O–H groups in total. The van der Waals surface area contributed by atoms with Crippen LogP contribution in [0.4, 0.5) is 0 Å². The molecule has 0 aliphatic carbocycles. The third-order valence-electron chi connectivity index (χ3n) is 3.91. The van der Waals surface area contributed by atoms with Crippen LogP contribution in [0.2, 0.25) is 0 Å². The molecule has 1 amide bonds. The number of thioether (sulfide) groups is 1. The lowest BCUT2D eigenvalue weighted by Gasteiger charge is -2.14. The van der Waals surface area contributed by atoms with Gasteiger partial charge in [-0.15, -0.1) is 5.10 Å². The van der Waals surface area contributed by atoms with Gasteiger partial charge in [-0.3, -0.25) is 4.79 Å². The lowest BCUT2D eigenvalue weighted by molar-refractivity contribution is -0.119. The van der Waals surface area contributed by atoms with E-state index in [1.165, 1.54) is 11.8 Å². The van der Waals surface area contributed by atoms with Crippen LogP contribution >= 0.6 is 11.8 Å². The van der Waals surface area contributed by atoms with Crippen molar-refractivity contribution in [2.24, 2.45) is 0 Å². The molecule has 0 spiro atoms. The number of rotatable bonds is 7. The van der Waals surface area contributed by atoms with E-state index in [0.29, 0.717) is 11.7 Å². The molecule has 3 rings (SSSR count). The smallest absolute Gasteiger partial charge is 0.230 e. The van der Waals surface area contributed by atoms with Crippen molar-refractivity contribution in [3.63, 3.8) is 0 Å². The Bertz CT molecular complexity index is 657. The van der Waals surface area contributed by atoms with Crippen molar-refractivity contribution >= 4 is 17.7 Å².